The first kappa shape index (κ1) is 15.6. The summed E-state index contributed by atoms with van der Waals surface area (Å²) >= 11 is 0. The summed E-state index contributed by atoms with van der Waals surface area (Å²) in [4.78, 5) is 23.4. The third-order valence-corrected chi connectivity index (χ3v) is 4.27. The van der Waals surface area contributed by atoms with E-state index in [1.54, 1.807) is 12.4 Å². The van der Waals surface area contributed by atoms with Crippen LogP contribution >= 0.6 is 0 Å². The molecule has 1 saturated heterocycles. The zero-order valence-electron chi connectivity index (χ0n) is 14.0. The molecule has 0 radical (unpaired) electrons. The van der Waals surface area contributed by atoms with Crippen molar-refractivity contribution in [2.45, 2.75) is 6.92 Å². The zero-order valence-corrected chi connectivity index (χ0v) is 14.0. The lowest BCUT2D eigenvalue weighted by Crippen LogP contribution is -2.44. The topological polar surface area (TPSA) is 83.3 Å². The lowest BCUT2D eigenvalue weighted by atomic mass is 10.1. The number of furan rings is 1. The van der Waals surface area contributed by atoms with Gasteiger partial charge in [0.15, 0.2) is 0 Å². The molecule has 0 aliphatic carbocycles. The van der Waals surface area contributed by atoms with Crippen molar-refractivity contribution in [3.63, 3.8) is 0 Å². The second-order valence-corrected chi connectivity index (χ2v) is 6.11. The van der Waals surface area contributed by atoms with E-state index < -0.39 is 0 Å². The van der Waals surface area contributed by atoms with Crippen molar-refractivity contribution in [3.05, 3.63) is 48.0 Å². The first-order valence-electron chi connectivity index (χ1n) is 8.27. The molecule has 0 spiro atoms. The summed E-state index contributed by atoms with van der Waals surface area (Å²) in [6, 6.07) is 5.77. The van der Waals surface area contributed by atoms with E-state index in [0.717, 1.165) is 37.1 Å². The molecule has 3 aromatic rings. The Bertz CT molecular complexity index is 897. The number of hydrogen-bond acceptors (Lipinski definition) is 6. The van der Waals surface area contributed by atoms with Crippen molar-refractivity contribution in [3.8, 4) is 0 Å². The third kappa shape index (κ3) is 3.18. The van der Waals surface area contributed by atoms with Gasteiger partial charge in [-0.15, -0.1) is 0 Å². The number of carbonyl (C=O) groups is 1. The molecule has 25 heavy (non-hydrogen) atoms. The van der Waals surface area contributed by atoms with Gasteiger partial charge in [0.2, 0.25) is 5.95 Å². The smallest absolute Gasteiger partial charge is 0.259 e. The van der Waals surface area contributed by atoms with Crippen LogP contribution in [0.4, 0.5) is 11.6 Å². The SMILES string of the molecule is Cc1ccc2c(C(=O)Nc3cnc(N4CCNCC4)nc3)coc2c1. The van der Waals surface area contributed by atoms with Crippen LogP contribution < -0.4 is 15.5 Å². The highest BCUT2D eigenvalue weighted by atomic mass is 16.3. The minimum Gasteiger partial charge on any atom is -0.463 e. The number of benzene rings is 1. The number of aromatic nitrogens is 2. The Morgan fingerprint density at radius 2 is 2.00 bits per heavy atom. The number of rotatable bonds is 3. The maximum Gasteiger partial charge on any atom is 0.259 e. The Morgan fingerprint density at radius 1 is 1.24 bits per heavy atom. The molecule has 1 aliphatic rings. The van der Waals surface area contributed by atoms with Crippen molar-refractivity contribution in [2.24, 2.45) is 0 Å². The molecule has 1 aromatic carbocycles. The van der Waals surface area contributed by atoms with Crippen LogP contribution in [0.25, 0.3) is 11.0 Å². The molecule has 1 fully saturated rings. The predicted octanol–water partition coefficient (Wildman–Crippen LogP) is 2.19. The van der Waals surface area contributed by atoms with E-state index in [0.29, 0.717) is 22.8 Å². The van der Waals surface area contributed by atoms with E-state index in [9.17, 15) is 4.79 Å². The van der Waals surface area contributed by atoms with Crippen LogP contribution in [-0.2, 0) is 0 Å². The Hall–Kier alpha value is -2.93. The number of aryl methyl sites for hydroxylation is 1. The Morgan fingerprint density at radius 3 is 2.76 bits per heavy atom. The van der Waals surface area contributed by atoms with Gasteiger partial charge in [-0.2, -0.15) is 0 Å². The average Bonchev–Trinajstić information content (AvgIpc) is 3.06. The molecule has 128 valence electrons. The first-order valence-corrected chi connectivity index (χ1v) is 8.27. The van der Waals surface area contributed by atoms with Crippen molar-refractivity contribution in [1.82, 2.24) is 15.3 Å². The molecule has 0 unspecified atom stereocenters. The van der Waals surface area contributed by atoms with Crippen LogP contribution in [0.2, 0.25) is 0 Å². The van der Waals surface area contributed by atoms with Gasteiger partial charge in [0, 0.05) is 31.6 Å². The Kier molecular flexibility index (Phi) is 4.07. The Labute approximate surface area is 145 Å². The molecule has 0 atom stereocenters. The van der Waals surface area contributed by atoms with Gasteiger partial charge in [0.05, 0.1) is 23.6 Å². The number of anilines is 2. The first-order chi connectivity index (χ1) is 12.2. The lowest BCUT2D eigenvalue weighted by molar-refractivity contribution is 0.102. The number of fused-ring (bicyclic) bond motifs is 1. The monoisotopic (exact) mass is 337 g/mol. The molecule has 7 heteroatoms. The van der Waals surface area contributed by atoms with Crippen LogP contribution in [0.3, 0.4) is 0 Å². The standard InChI is InChI=1S/C18H19N5O2/c1-12-2-3-14-15(11-25-16(14)8-12)17(24)22-13-9-20-18(21-10-13)23-6-4-19-5-7-23/h2-3,8-11,19H,4-7H2,1H3,(H,22,24). The Balaban J connectivity index is 1.50. The highest BCUT2D eigenvalue weighted by Gasteiger charge is 2.16. The summed E-state index contributed by atoms with van der Waals surface area (Å²) in [5.74, 6) is 0.449. The second-order valence-electron chi connectivity index (χ2n) is 6.11. The van der Waals surface area contributed by atoms with Gasteiger partial charge in [-0.05, 0) is 18.6 Å². The summed E-state index contributed by atoms with van der Waals surface area (Å²) in [6.45, 7) is 5.60. The van der Waals surface area contributed by atoms with E-state index >= 15 is 0 Å². The number of carbonyl (C=O) groups excluding carboxylic acids is 1. The van der Waals surface area contributed by atoms with Crippen LogP contribution in [0.1, 0.15) is 15.9 Å². The van der Waals surface area contributed by atoms with Gasteiger partial charge >= 0.3 is 0 Å². The van der Waals surface area contributed by atoms with Crippen LogP contribution in [0.5, 0.6) is 0 Å². The van der Waals surface area contributed by atoms with Gasteiger partial charge < -0.3 is 20.0 Å². The second kappa shape index (κ2) is 6.52. The minimum atomic E-state index is -0.235. The minimum absolute atomic E-state index is 0.235. The zero-order chi connectivity index (χ0) is 17.2. The fraction of sp³-hybridized carbons (Fsp3) is 0.278. The molecule has 7 nitrogen and oxygen atoms in total. The van der Waals surface area contributed by atoms with E-state index in [1.165, 1.54) is 6.26 Å². The summed E-state index contributed by atoms with van der Waals surface area (Å²) in [7, 11) is 0. The molecular weight excluding hydrogens is 318 g/mol. The van der Waals surface area contributed by atoms with Gasteiger partial charge in [0.25, 0.3) is 5.91 Å². The lowest BCUT2D eigenvalue weighted by Gasteiger charge is -2.27. The molecule has 0 saturated carbocycles. The van der Waals surface area contributed by atoms with Crippen molar-refractivity contribution in [1.29, 1.82) is 0 Å². The van der Waals surface area contributed by atoms with Crippen molar-refractivity contribution < 1.29 is 9.21 Å². The number of hydrogen-bond donors (Lipinski definition) is 2. The van der Waals surface area contributed by atoms with Gasteiger partial charge in [0.1, 0.15) is 11.8 Å². The molecule has 1 amide bonds. The summed E-state index contributed by atoms with van der Waals surface area (Å²) in [5.41, 5.74) is 2.85. The summed E-state index contributed by atoms with van der Waals surface area (Å²) < 4.78 is 5.48. The summed E-state index contributed by atoms with van der Waals surface area (Å²) in [5, 5.41) is 6.91. The fourth-order valence-electron chi connectivity index (χ4n) is 2.92. The fourth-order valence-corrected chi connectivity index (χ4v) is 2.92. The number of nitrogens with zero attached hydrogens (tertiary/aromatic N) is 3. The molecule has 3 heterocycles. The quantitative estimate of drug-likeness (QED) is 0.762. The molecular formula is C18H19N5O2. The van der Waals surface area contributed by atoms with Crippen LogP contribution in [0, 0.1) is 6.92 Å². The molecule has 0 bridgehead atoms. The maximum atomic E-state index is 12.5. The molecule has 4 rings (SSSR count). The predicted molar refractivity (Wildman–Crippen MR) is 96.0 cm³/mol. The highest BCUT2D eigenvalue weighted by molar-refractivity contribution is 6.12. The third-order valence-electron chi connectivity index (χ3n) is 4.27. The van der Waals surface area contributed by atoms with Crippen molar-refractivity contribution >= 4 is 28.5 Å². The average molecular weight is 337 g/mol. The van der Waals surface area contributed by atoms with E-state index in [2.05, 4.69) is 25.5 Å². The van der Waals surface area contributed by atoms with E-state index in [4.69, 9.17) is 4.42 Å². The number of amides is 1. The number of piperazine rings is 1. The van der Waals surface area contributed by atoms with Gasteiger partial charge in [-0.1, -0.05) is 12.1 Å². The van der Waals surface area contributed by atoms with Crippen molar-refractivity contribution in [2.75, 3.05) is 36.4 Å². The summed E-state index contributed by atoms with van der Waals surface area (Å²) in [6.07, 6.45) is 4.75. The van der Waals surface area contributed by atoms with E-state index in [1.807, 2.05) is 25.1 Å². The molecule has 1 aliphatic heterocycles. The van der Waals surface area contributed by atoms with Gasteiger partial charge in [-0.25, -0.2) is 9.97 Å². The largest absolute Gasteiger partial charge is 0.463 e. The van der Waals surface area contributed by atoms with Crippen LogP contribution in [0.15, 0.2) is 41.3 Å². The van der Waals surface area contributed by atoms with Gasteiger partial charge in [-0.3, -0.25) is 4.79 Å². The van der Waals surface area contributed by atoms with E-state index in [-0.39, 0.29) is 5.91 Å². The maximum absolute atomic E-state index is 12.5. The van der Waals surface area contributed by atoms with Crippen LogP contribution in [-0.4, -0.2) is 42.1 Å². The number of nitrogens with one attached hydrogen (secondary N) is 2. The molecule has 2 N–H and O–H groups in total. The molecule has 2 aromatic heterocycles. The highest BCUT2D eigenvalue weighted by Crippen LogP contribution is 2.23. The normalized spacial score (nSPS) is 14.7.